The first kappa shape index (κ1) is 10.7. The van der Waals surface area contributed by atoms with Crippen LogP contribution in [-0.2, 0) is 9.53 Å². The normalized spacial score (nSPS) is 28.8. The monoisotopic (exact) mass is 184 g/mol. The molecule has 0 amide bonds. The summed E-state index contributed by atoms with van der Waals surface area (Å²) in [7, 11) is 0. The minimum absolute atomic E-state index is 0.287. The molecule has 0 heterocycles. The van der Waals surface area contributed by atoms with Gasteiger partial charge in [0.2, 0.25) is 0 Å². The fraction of sp³-hybridized carbons (Fsp3) is 0.909. The van der Waals surface area contributed by atoms with Crippen molar-refractivity contribution < 1.29 is 9.53 Å². The van der Waals surface area contributed by atoms with Gasteiger partial charge < -0.3 is 4.74 Å². The molecule has 1 aliphatic carbocycles. The first-order valence-corrected chi connectivity index (χ1v) is 5.34. The summed E-state index contributed by atoms with van der Waals surface area (Å²) in [5, 5.41) is 0. The minimum atomic E-state index is 0.287. The molecule has 0 bridgehead atoms. The number of hydrogen-bond acceptors (Lipinski definition) is 2. The van der Waals surface area contributed by atoms with E-state index in [9.17, 15) is 4.79 Å². The van der Waals surface area contributed by atoms with Gasteiger partial charge in [-0.25, -0.2) is 0 Å². The lowest BCUT2D eigenvalue weighted by atomic mass is 9.80. The molecule has 0 saturated heterocycles. The van der Waals surface area contributed by atoms with Gasteiger partial charge in [-0.1, -0.05) is 19.8 Å². The smallest absolute Gasteiger partial charge is 0.161 e. The highest BCUT2D eigenvalue weighted by molar-refractivity contribution is 5.82. The Labute approximate surface area is 80.7 Å². The fourth-order valence-electron chi connectivity index (χ4n) is 2.05. The summed E-state index contributed by atoms with van der Waals surface area (Å²) in [6.45, 7) is 5.14. The third-order valence-electron chi connectivity index (χ3n) is 2.84. The first-order valence-electron chi connectivity index (χ1n) is 5.34. The van der Waals surface area contributed by atoms with Crippen molar-refractivity contribution in [3.63, 3.8) is 0 Å². The molecule has 0 aromatic heterocycles. The van der Waals surface area contributed by atoms with Crippen LogP contribution in [0.15, 0.2) is 0 Å². The maximum Gasteiger partial charge on any atom is 0.161 e. The second-order valence-corrected chi connectivity index (χ2v) is 4.07. The van der Waals surface area contributed by atoms with Crippen LogP contribution in [-0.4, -0.2) is 19.0 Å². The molecule has 0 aromatic rings. The number of ketones is 1. The second kappa shape index (κ2) is 5.38. The molecule has 1 aliphatic rings. The lowest BCUT2D eigenvalue weighted by Crippen LogP contribution is -2.25. The van der Waals surface area contributed by atoms with Gasteiger partial charge >= 0.3 is 0 Å². The van der Waals surface area contributed by atoms with Crippen LogP contribution in [0.3, 0.4) is 0 Å². The average Bonchev–Trinajstić information content (AvgIpc) is 2.14. The molecule has 2 heteroatoms. The Balaban J connectivity index is 2.28. The summed E-state index contributed by atoms with van der Waals surface area (Å²) >= 11 is 0. The van der Waals surface area contributed by atoms with Crippen LogP contribution in [0.1, 0.15) is 39.5 Å². The van der Waals surface area contributed by atoms with Crippen molar-refractivity contribution in [2.45, 2.75) is 39.5 Å². The Morgan fingerprint density at radius 3 is 2.85 bits per heavy atom. The molecule has 0 aliphatic heterocycles. The molecule has 76 valence electrons. The molecule has 13 heavy (non-hydrogen) atoms. The van der Waals surface area contributed by atoms with E-state index < -0.39 is 0 Å². The Bertz CT molecular complexity index is 165. The highest BCUT2D eigenvalue weighted by Gasteiger charge is 2.24. The SMILES string of the molecule is CCOCC(=O)C1CCCC(C)C1. The van der Waals surface area contributed by atoms with Crippen molar-refractivity contribution in [3.05, 3.63) is 0 Å². The van der Waals surface area contributed by atoms with E-state index in [1.807, 2.05) is 6.92 Å². The maximum atomic E-state index is 11.6. The van der Waals surface area contributed by atoms with Gasteiger partial charge in [0.15, 0.2) is 5.78 Å². The number of Topliss-reactive ketones (excluding diaryl/α,β-unsaturated/α-hetero) is 1. The zero-order valence-electron chi connectivity index (χ0n) is 8.71. The van der Waals surface area contributed by atoms with Gasteiger partial charge in [0.05, 0.1) is 0 Å². The number of rotatable bonds is 4. The standard InChI is InChI=1S/C11H20O2/c1-3-13-8-11(12)10-6-4-5-9(2)7-10/h9-10H,3-8H2,1-2H3. The van der Waals surface area contributed by atoms with Crippen LogP contribution in [0, 0.1) is 11.8 Å². The van der Waals surface area contributed by atoms with E-state index in [4.69, 9.17) is 4.74 Å². The average molecular weight is 184 g/mol. The third kappa shape index (κ3) is 3.47. The molecule has 2 atom stereocenters. The topological polar surface area (TPSA) is 26.3 Å². The zero-order valence-corrected chi connectivity index (χ0v) is 8.71. The molecular weight excluding hydrogens is 164 g/mol. The van der Waals surface area contributed by atoms with Crippen molar-refractivity contribution in [3.8, 4) is 0 Å². The molecule has 0 spiro atoms. The maximum absolute atomic E-state index is 11.6. The summed E-state index contributed by atoms with van der Waals surface area (Å²) < 4.78 is 5.13. The molecule has 0 N–H and O–H groups in total. The lowest BCUT2D eigenvalue weighted by molar-refractivity contribution is -0.128. The Morgan fingerprint density at radius 1 is 1.46 bits per heavy atom. The van der Waals surface area contributed by atoms with Crippen LogP contribution in [0.2, 0.25) is 0 Å². The molecule has 0 aromatic carbocycles. The van der Waals surface area contributed by atoms with Crippen molar-refractivity contribution >= 4 is 5.78 Å². The predicted octanol–water partition coefficient (Wildman–Crippen LogP) is 2.42. The number of carbonyl (C=O) groups is 1. The predicted molar refractivity (Wildman–Crippen MR) is 52.6 cm³/mol. The Hall–Kier alpha value is -0.370. The number of carbonyl (C=O) groups excluding carboxylic acids is 1. The van der Waals surface area contributed by atoms with Crippen LogP contribution >= 0.6 is 0 Å². The summed E-state index contributed by atoms with van der Waals surface area (Å²) in [6, 6.07) is 0. The Kier molecular flexibility index (Phi) is 4.43. The molecular formula is C11H20O2. The van der Waals surface area contributed by atoms with E-state index >= 15 is 0 Å². The fourth-order valence-corrected chi connectivity index (χ4v) is 2.05. The van der Waals surface area contributed by atoms with Gasteiger partial charge in [0, 0.05) is 12.5 Å². The molecule has 0 radical (unpaired) electrons. The second-order valence-electron chi connectivity index (χ2n) is 4.07. The van der Waals surface area contributed by atoms with Crippen LogP contribution in [0.25, 0.3) is 0 Å². The summed E-state index contributed by atoms with van der Waals surface area (Å²) in [4.78, 5) is 11.6. The van der Waals surface area contributed by atoms with Crippen molar-refractivity contribution in [2.24, 2.45) is 11.8 Å². The van der Waals surface area contributed by atoms with E-state index in [1.165, 1.54) is 12.8 Å². The first-order chi connectivity index (χ1) is 6.24. The Morgan fingerprint density at radius 2 is 2.23 bits per heavy atom. The van der Waals surface area contributed by atoms with Crippen molar-refractivity contribution in [1.29, 1.82) is 0 Å². The lowest BCUT2D eigenvalue weighted by Gasteiger charge is -2.25. The van der Waals surface area contributed by atoms with Gasteiger partial charge in [0.1, 0.15) is 6.61 Å². The molecule has 2 nitrogen and oxygen atoms in total. The third-order valence-corrected chi connectivity index (χ3v) is 2.84. The zero-order chi connectivity index (χ0) is 9.68. The minimum Gasteiger partial charge on any atom is -0.374 e. The van der Waals surface area contributed by atoms with E-state index in [0.29, 0.717) is 19.0 Å². The van der Waals surface area contributed by atoms with Gasteiger partial charge in [-0.2, -0.15) is 0 Å². The summed E-state index contributed by atoms with van der Waals surface area (Å²) in [5.41, 5.74) is 0. The van der Waals surface area contributed by atoms with E-state index in [-0.39, 0.29) is 5.92 Å². The van der Waals surface area contributed by atoms with Crippen molar-refractivity contribution in [1.82, 2.24) is 0 Å². The van der Waals surface area contributed by atoms with E-state index in [1.54, 1.807) is 0 Å². The van der Waals surface area contributed by atoms with Gasteiger partial charge in [0.25, 0.3) is 0 Å². The van der Waals surface area contributed by atoms with Gasteiger partial charge in [-0.15, -0.1) is 0 Å². The quantitative estimate of drug-likeness (QED) is 0.670. The number of hydrogen-bond donors (Lipinski definition) is 0. The summed E-state index contributed by atoms with van der Waals surface area (Å²) in [5.74, 6) is 1.33. The highest BCUT2D eigenvalue weighted by Crippen LogP contribution is 2.28. The highest BCUT2D eigenvalue weighted by atomic mass is 16.5. The summed E-state index contributed by atoms with van der Waals surface area (Å²) in [6.07, 6.45) is 4.66. The van der Waals surface area contributed by atoms with Gasteiger partial charge in [-0.3, -0.25) is 4.79 Å². The molecule has 1 rings (SSSR count). The van der Waals surface area contributed by atoms with Crippen LogP contribution in [0.5, 0.6) is 0 Å². The molecule has 1 fully saturated rings. The van der Waals surface area contributed by atoms with Crippen molar-refractivity contribution in [2.75, 3.05) is 13.2 Å². The van der Waals surface area contributed by atoms with Crippen LogP contribution < -0.4 is 0 Å². The van der Waals surface area contributed by atoms with Gasteiger partial charge in [-0.05, 0) is 25.7 Å². The van der Waals surface area contributed by atoms with Crippen LogP contribution in [0.4, 0.5) is 0 Å². The number of ether oxygens (including phenoxy) is 1. The van der Waals surface area contributed by atoms with E-state index in [0.717, 1.165) is 18.8 Å². The largest absolute Gasteiger partial charge is 0.374 e. The van der Waals surface area contributed by atoms with E-state index in [2.05, 4.69) is 6.92 Å². The molecule has 1 saturated carbocycles. The molecule has 2 unspecified atom stereocenters.